The van der Waals surface area contributed by atoms with Gasteiger partial charge in [-0.05, 0) is 71.8 Å². The minimum atomic E-state index is -0.603. The fourth-order valence-corrected chi connectivity index (χ4v) is 9.27. The maximum atomic E-state index is 6.85. The van der Waals surface area contributed by atoms with Crippen molar-refractivity contribution in [2.75, 3.05) is 0 Å². The van der Waals surface area contributed by atoms with E-state index in [-0.39, 0.29) is 0 Å². The van der Waals surface area contributed by atoms with Gasteiger partial charge in [-0.2, -0.15) is 0 Å². The molecule has 0 radical (unpaired) electrons. The molecule has 1 spiro atoms. The minimum absolute atomic E-state index is 0.603. The second-order valence-corrected chi connectivity index (χ2v) is 13.8. The molecule has 242 valence electrons. The largest absolute Gasteiger partial charge is 0.457 e. The maximum Gasteiger partial charge on any atom is 0.134 e. The Kier molecular flexibility index (Phi) is 5.37. The normalized spacial score (nSPS) is 13.7. The van der Waals surface area contributed by atoms with E-state index in [0.717, 1.165) is 67.5 Å². The highest BCUT2D eigenvalue weighted by molar-refractivity contribution is 6.12. The molecule has 0 saturated carbocycles. The molecule has 5 heterocycles. The topological polar surface area (TPSA) is 44.9 Å². The molecule has 5 heteroatoms. The van der Waals surface area contributed by atoms with Crippen molar-refractivity contribution in [1.82, 2.24) is 19.1 Å². The first kappa shape index (κ1) is 27.8. The highest BCUT2D eigenvalue weighted by Gasteiger charge is 2.52. The number of ether oxygens (including phenoxy) is 1. The molecule has 0 N–H and O–H groups in total. The van der Waals surface area contributed by atoms with Gasteiger partial charge in [-0.15, -0.1) is 0 Å². The third kappa shape index (κ3) is 3.42. The maximum absolute atomic E-state index is 6.85. The summed E-state index contributed by atoms with van der Waals surface area (Å²) in [5.74, 6) is 1.67. The van der Waals surface area contributed by atoms with Gasteiger partial charge in [0.25, 0.3) is 0 Å². The molecule has 0 atom stereocenters. The van der Waals surface area contributed by atoms with E-state index >= 15 is 0 Å². The van der Waals surface area contributed by atoms with E-state index in [9.17, 15) is 0 Å². The number of benzene rings is 6. The lowest BCUT2D eigenvalue weighted by Crippen LogP contribution is -2.32. The molecule has 0 fully saturated rings. The number of aromatic nitrogens is 4. The Labute approximate surface area is 298 Å². The Hall–Kier alpha value is -6.98. The number of nitrogens with zero attached hydrogens (tertiary/aromatic N) is 4. The lowest BCUT2D eigenvalue weighted by molar-refractivity contribution is 0.436. The summed E-state index contributed by atoms with van der Waals surface area (Å²) in [4.78, 5) is 9.74. The highest BCUT2D eigenvalue weighted by Crippen LogP contribution is 2.61. The molecule has 1 aliphatic heterocycles. The van der Waals surface area contributed by atoms with Gasteiger partial charge in [0.15, 0.2) is 0 Å². The standard InChI is InChI=1S/C47H28N4O/c1-5-17-39-31(11-1)32-12-2-6-18-40(32)50(39)29-22-24-42-34(27-29)33-13-3-7-19-41(33)51(42)30-21-23-36-44(28-30)52-43-20-8-4-14-35(43)47(36)37-15-9-25-48-45(37)46-38(47)16-10-26-49-46/h1-28H. The van der Waals surface area contributed by atoms with Crippen LogP contribution in [0.25, 0.3) is 66.4 Å². The van der Waals surface area contributed by atoms with E-state index in [1.54, 1.807) is 0 Å². The lowest BCUT2D eigenvalue weighted by Gasteiger charge is -2.39. The number of hydrogen-bond acceptors (Lipinski definition) is 3. The third-order valence-electron chi connectivity index (χ3n) is 11.3. The van der Waals surface area contributed by atoms with Gasteiger partial charge in [0.05, 0.1) is 38.9 Å². The summed E-state index contributed by atoms with van der Waals surface area (Å²) in [7, 11) is 0. The van der Waals surface area contributed by atoms with Gasteiger partial charge in [0, 0.05) is 62.5 Å². The Balaban J connectivity index is 1.10. The van der Waals surface area contributed by atoms with Crippen LogP contribution in [-0.2, 0) is 5.41 Å². The smallest absolute Gasteiger partial charge is 0.134 e. The first-order chi connectivity index (χ1) is 25.8. The van der Waals surface area contributed by atoms with Gasteiger partial charge in [-0.3, -0.25) is 9.97 Å². The second-order valence-electron chi connectivity index (χ2n) is 13.8. The van der Waals surface area contributed by atoms with Crippen LogP contribution in [0, 0.1) is 0 Å². The van der Waals surface area contributed by atoms with Crippen LogP contribution in [0.15, 0.2) is 170 Å². The summed E-state index contributed by atoms with van der Waals surface area (Å²) >= 11 is 0. The summed E-state index contributed by atoms with van der Waals surface area (Å²) in [6, 6.07) is 56.5. The quantitative estimate of drug-likeness (QED) is 0.185. The zero-order chi connectivity index (χ0) is 34.0. The molecule has 0 amide bonds. The first-order valence-electron chi connectivity index (χ1n) is 17.7. The zero-order valence-corrected chi connectivity index (χ0v) is 27.9. The molecule has 4 aromatic heterocycles. The summed E-state index contributed by atoms with van der Waals surface area (Å²) in [5.41, 5.74) is 12.6. The molecule has 5 nitrogen and oxygen atoms in total. The monoisotopic (exact) mass is 664 g/mol. The van der Waals surface area contributed by atoms with Crippen LogP contribution in [0.2, 0.25) is 0 Å². The van der Waals surface area contributed by atoms with Crippen molar-refractivity contribution in [3.8, 4) is 34.3 Å². The Morgan fingerprint density at radius 3 is 1.52 bits per heavy atom. The van der Waals surface area contributed by atoms with E-state index in [2.05, 4.69) is 149 Å². The van der Waals surface area contributed by atoms with Gasteiger partial charge in [0.1, 0.15) is 11.5 Å². The molecular weight excluding hydrogens is 637 g/mol. The van der Waals surface area contributed by atoms with Crippen LogP contribution in [0.3, 0.4) is 0 Å². The fraction of sp³-hybridized carbons (Fsp3) is 0.0213. The van der Waals surface area contributed by atoms with Crippen LogP contribution in [-0.4, -0.2) is 19.1 Å². The van der Waals surface area contributed by atoms with Crippen molar-refractivity contribution in [2.24, 2.45) is 0 Å². The number of rotatable bonds is 2. The zero-order valence-electron chi connectivity index (χ0n) is 27.9. The van der Waals surface area contributed by atoms with Gasteiger partial charge in [-0.25, -0.2) is 0 Å². The average molecular weight is 665 g/mol. The molecule has 0 unspecified atom stereocenters. The molecule has 2 aliphatic rings. The number of pyridine rings is 2. The van der Waals surface area contributed by atoms with E-state index in [1.165, 1.54) is 32.6 Å². The number of fused-ring (bicyclic) bond motifs is 15. The Morgan fingerprint density at radius 1 is 0.385 bits per heavy atom. The van der Waals surface area contributed by atoms with Crippen molar-refractivity contribution in [2.45, 2.75) is 5.41 Å². The van der Waals surface area contributed by atoms with Crippen molar-refractivity contribution in [1.29, 1.82) is 0 Å². The molecule has 1 aliphatic carbocycles. The molecule has 6 aromatic carbocycles. The predicted octanol–water partition coefficient (Wildman–Crippen LogP) is 11.1. The Bertz CT molecular complexity index is 3030. The summed E-state index contributed by atoms with van der Waals surface area (Å²) in [6.07, 6.45) is 3.72. The van der Waals surface area contributed by atoms with Gasteiger partial charge in [0.2, 0.25) is 0 Å². The van der Waals surface area contributed by atoms with Crippen LogP contribution in [0.4, 0.5) is 0 Å². The second kappa shape index (κ2) is 10.1. The van der Waals surface area contributed by atoms with E-state index < -0.39 is 5.41 Å². The van der Waals surface area contributed by atoms with Crippen LogP contribution < -0.4 is 4.74 Å². The minimum Gasteiger partial charge on any atom is -0.457 e. The van der Waals surface area contributed by atoms with Crippen LogP contribution in [0.5, 0.6) is 11.5 Å². The molecule has 12 rings (SSSR count). The first-order valence-corrected chi connectivity index (χ1v) is 17.7. The van der Waals surface area contributed by atoms with Crippen molar-refractivity contribution in [3.05, 3.63) is 192 Å². The van der Waals surface area contributed by atoms with Crippen LogP contribution >= 0.6 is 0 Å². The highest BCUT2D eigenvalue weighted by atomic mass is 16.5. The van der Waals surface area contributed by atoms with Gasteiger partial charge in [-0.1, -0.05) is 91.0 Å². The molecule has 0 bridgehead atoms. The van der Waals surface area contributed by atoms with Gasteiger partial charge < -0.3 is 13.9 Å². The molecule has 10 aromatic rings. The predicted molar refractivity (Wildman–Crippen MR) is 208 cm³/mol. The summed E-state index contributed by atoms with van der Waals surface area (Å²) < 4.78 is 11.6. The fourth-order valence-electron chi connectivity index (χ4n) is 9.27. The van der Waals surface area contributed by atoms with Crippen LogP contribution in [0.1, 0.15) is 22.3 Å². The van der Waals surface area contributed by atoms with E-state index in [1.807, 2.05) is 30.6 Å². The van der Waals surface area contributed by atoms with Gasteiger partial charge >= 0.3 is 0 Å². The summed E-state index contributed by atoms with van der Waals surface area (Å²) in [6.45, 7) is 0. The molecular formula is C47H28N4O. The molecule has 0 saturated heterocycles. The van der Waals surface area contributed by atoms with E-state index in [4.69, 9.17) is 14.7 Å². The number of para-hydroxylation sites is 4. The third-order valence-corrected chi connectivity index (χ3v) is 11.3. The average Bonchev–Trinajstić information content (AvgIpc) is 3.82. The lowest BCUT2D eigenvalue weighted by atomic mass is 9.66. The van der Waals surface area contributed by atoms with Crippen molar-refractivity contribution in [3.63, 3.8) is 0 Å². The molecule has 52 heavy (non-hydrogen) atoms. The number of hydrogen-bond donors (Lipinski definition) is 0. The van der Waals surface area contributed by atoms with E-state index in [0.29, 0.717) is 0 Å². The van der Waals surface area contributed by atoms with Crippen molar-refractivity contribution >= 4 is 43.6 Å². The van der Waals surface area contributed by atoms with Crippen molar-refractivity contribution < 1.29 is 4.74 Å². The Morgan fingerprint density at radius 2 is 0.865 bits per heavy atom. The SMILES string of the molecule is c1ccc2c(c1)Oc1cc(-n3c4ccccc4c4cc(-n5c6ccccc6c6ccccc65)ccc43)ccc1C21c2cccnc2-c2ncccc21. The summed E-state index contributed by atoms with van der Waals surface area (Å²) in [5, 5.41) is 4.92.